The van der Waals surface area contributed by atoms with E-state index in [2.05, 4.69) is 15.4 Å². The highest BCUT2D eigenvalue weighted by molar-refractivity contribution is 6.32. The lowest BCUT2D eigenvalue weighted by Crippen LogP contribution is -2.17. The molecule has 4 aromatic rings. The van der Waals surface area contributed by atoms with E-state index in [0.29, 0.717) is 17.5 Å². The van der Waals surface area contributed by atoms with E-state index in [-0.39, 0.29) is 12.0 Å². The molecule has 0 aliphatic rings. The van der Waals surface area contributed by atoms with Gasteiger partial charge >= 0.3 is 6.01 Å². The summed E-state index contributed by atoms with van der Waals surface area (Å²) in [4.78, 5) is 17.2. The van der Waals surface area contributed by atoms with E-state index in [1.165, 1.54) is 0 Å². The lowest BCUT2D eigenvalue weighted by molar-refractivity contribution is -0.116. The number of aromatic nitrogens is 3. The second-order valence-corrected chi connectivity index (χ2v) is 8.36. The van der Waals surface area contributed by atoms with Crippen LogP contribution in [0.3, 0.4) is 0 Å². The number of ether oxygens (including phenoxy) is 1. The average molecular weight is 461 g/mol. The molecule has 1 atom stereocenters. The Kier molecular flexibility index (Phi) is 6.75. The van der Waals surface area contributed by atoms with Crippen molar-refractivity contribution >= 4 is 23.2 Å². The zero-order chi connectivity index (χ0) is 23.4. The summed E-state index contributed by atoms with van der Waals surface area (Å²) in [6.07, 6.45) is -0.0451. The largest absolute Gasteiger partial charge is 0.460 e. The summed E-state index contributed by atoms with van der Waals surface area (Å²) >= 11 is 6.33. The van der Waals surface area contributed by atoms with Gasteiger partial charge in [-0.05, 0) is 56.2 Å². The molecule has 1 N–H and O–H groups in total. The minimum Gasteiger partial charge on any atom is -0.460 e. The van der Waals surface area contributed by atoms with E-state index in [1.807, 2.05) is 99.6 Å². The molecule has 3 aromatic carbocycles. The first kappa shape index (κ1) is 22.6. The number of nitrogens with one attached hydrogen (secondary N) is 1. The quantitative estimate of drug-likeness (QED) is 0.346. The Morgan fingerprint density at radius 1 is 0.970 bits per heavy atom. The van der Waals surface area contributed by atoms with Crippen molar-refractivity contribution in [2.75, 3.05) is 5.32 Å². The number of amides is 1. The number of hydrogen-bond acceptors (Lipinski definition) is 4. The molecule has 6 nitrogen and oxygen atoms in total. The van der Waals surface area contributed by atoms with Crippen molar-refractivity contribution in [2.24, 2.45) is 0 Å². The Morgan fingerprint density at radius 3 is 2.30 bits per heavy atom. The molecule has 0 aliphatic carbocycles. The Labute approximate surface area is 198 Å². The Hall–Kier alpha value is -3.64. The summed E-state index contributed by atoms with van der Waals surface area (Å²) < 4.78 is 7.50. The van der Waals surface area contributed by atoms with E-state index < -0.39 is 5.38 Å². The zero-order valence-corrected chi connectivity index (χ0v) is 19.5. The highest BCUT2D eigenvalue weighted by Gasteiger charge is 2.19. The van der Waals surface area contributed by atoms with Gasteiger partial charge in [-0.3, -0.25) is 4.79 Å². The van der Waals surface area contributed by atoms with Crippen LogP contribution in [0.4, 0.5) is 5.69 Å². The highest BCUT2D eigenvalue weighted by atomic mass is 35.5. The molecular weight excluding hydrogens is 436 g/mol. The molecule has 0 bridgehead atoms. The van der Waals surface area contributed by atoms with E-state index >= 15 is 0 Å². The minimum absolute atomic E-state index is 0.0451. The molecule has 0 saturated carbocycles. The fraction of sp³-hybridized carbons (Fsp3) is 0.192. The molecule has 0 unspecified atom stereocenters. The number of nitrogens with zero attached hydrogens (tertiary/aromatic N) is 3. The molecule has 33 heavy (non-hydrogen) atoms. The topological polar surface area (TPSA) is 69.0 Å². The molecule has 0 aliphatic heterocycles. The fourth-order valence-corrected chi connectivity index (χ4v) is 3.60. The van der Waals surface area contributed by atoms with Crippen molar-refractivity contribution in [3.8, 4) is 23.1 Å². The molecule has 4 rings (SSSR count). The first-order valence-electron chi connectivity index (χ1n) is 10.7. The van der Waals surface area contributed by atoms with Gasteiger partial charge in [0.25, 0.3) is 0 Å². The second-order valence-electron chi connectivity index (χ2n) is 7.92. The van der Waals surface area contributed by atoms with Crippen LogP contribution < -0.4 is 10.1 Å². The monoisotopic (exact) mass is 460 g/mol. The predicted octanol–water partition coefficient (Wildman–Crippen LogP) is 5.95. The summed E-state index contributed by atoms with van der Waals surface area (Å²) in [5.74, 6) is 0.398. The smallest absolute Gasteiger partial charge is 0.336 e. The lowest BCUT2D eigenvalue weighted by Gasteiger charge is -2.12. The molecule has 0 saturated heterocycles. The van der Waals surface area contributed by atoms with Crippen LogP contribution in [0.15, 0.2) is 78.9 Å². The van der Waals surface area contributed by atoms with Gasteiger partial charge in [0, 0.05) is 11.3 Å². The zero-order valence-electron chi connectivity index (χ0n) is 18.7. The number of rotatable bonds is 7. The maximum atomic E-state index is 12.6. The van der Waals surface area contributed by atoms with E-state index in [1.54, 1.807) is 4.68 Å². The molecule has 1 aromatic heterocycles. The van der Waals surface area contributed by atoms with Gasteiger partial charge < -0.3 is 10.1 Å². The molecule has 168 valence electrons. The van der Waals surface area contributed by atoms with Crippen LogP contribution >= 0.6 is 11.6 Å². The lowest BCUT2D eigenvalue weighted by atomic mass is 10.1. The second kappa shape index (κ2) is 9.88. The molecule has 0 fully saturated rings. The van der Waals surface area contributed by atoms with Crippen molar-refractivity contribution in [3.63, 3.8) is 0 Å². The molecule has 1 amide bonds. The number of benzene rings is 3. The van der Waals surface area contributed by atoms with E-state index in [9.17, 15) is 4.79 Å². The number of hydrogen-bond donors (Lipinski definition) is 1. The predicted molar refractivity (Wildman–Crippen MR) is 131 cm³/mol. The van der Waals surface area contributed by atoms with Crippen LogP contribution in [-0.4, -0.2) is 26.8 Å². The Balaban J connectivity index is 1.60. The third-order valence-corrected chi connectivity index (χ3v) is 5.47. The number of carbonyl (C=O) groups excluding carboxylic acids is 1. The number of carbonyl (C=O) groups is 1. The van der Waals surface area contributed by atoms with Crippen LogP contribution in [0.1, 0.15) is 30.4 Å². The van der Waals surface area contributed by atoms with Crippen LogP contribution in [0.2, 0.25) is 0 Å². The molecule has 1 heterocycles. The molecular formula is C26H25ClN4O2. The van der Waals surface area contributed by atoms with Crippen LogP contribution in [0, 0.1) is 6.92 Å². The highest BCUT2D eigenvalue weighted by Crippen LogP contribution is 2.28. The maximum Gasteiger partial charge on any atom is 0.336 e. The Morgan fingerprint density at radius 2 is 1.64 bits per heavy atom. The first-order valence-corrected chi connectivity index (χ1v) is 11.2. The first-order chi connectivity index (χ1) is 15.9. The Bertz CT molecular complexity index is 1240. The van der Waals surface area contributed by atoms with Crippen molar-refractivity contribution in [3.05, 3.63) is 90.0 Å². The van der Waals surface area contributed by atoms with Gasteiger partial charge in [0.2, 0.25) is 5.91 Å². The third kappa shape index (κ3) is 5.23. The van der Waals surface area contributed by atoms with Crippen molar-refractivity contribution in [1.29, 1.82) is 0 Å². The third-order valence-electron chi connectivity index (χ3n) is 5.02. The van der Waals surface area contributed by atoms with Gasteiger partial charge in [0.1, 0.15) is 5.38 Å². The fourth-order valence-electron chi connectivity index (χ4n) is 3.40. The van der Waals surface area contributed by atoms with Crippen LogP contribution in [0.5, 0.6) is 6.01 Å². The van der Waals surface area contributed by atoms with Crippen molar-refractivity contribution in [2.45, 2.75) is 32.3 Å². The van der Waals surface area contributed by atoms with Gasteiger partial charge in [0.15, 0.2) is 5.82 Å². The minimum atomic E-state index is -0.774. The average Bonchev–Trinajstić information content (AvgIpc) is 3.22. The molecule has 0 radical (unpaired) electrons. The summed E-state index contributed by atoms with van der Waals surface area (Å²) in [5, 5.41) is 6.66. The van der Waals surface area contributed by atoms with Gasteiger partial charge in [-0.1, -0.05) is 54.6 Å². The molecule has 0 spiro atoms. The number of alkyl halides is 1. The van der Waals surface area contributed by atoms with Gasteiger partial charge in [-0.15, -0.1) is 16.7 Å². The van der Waals surface area contributed by atoms with Crippen molar-refractivity contribution in [1.82, 2.24) is 14.8 Å². The van der Waals surface area contributed by atoms with Crippen LogP contribution in [-0.2, 0) is 4.79 Å². The maximum absolute atomic E-state index is 12.6. The summed E-state index contributed by atoms with van der Waals surface area (Å²) in [5.41, 5.74) is 4.23. The van der Waals surface area contributed by atoms with Gasteiger partial charge in [0.05, 0.1) is 11.8 Å². The number of halogens is 1. The van der Waals surface area contributed by atoms with Crippen LogP contribution in [0.25, 0.3) is 17.1 Å². The van der Waals surface area contributed by atoms with Gasteiger partial charge in [-0.2, -0.15) is 4.98 Å². The van der Waals surface area contributed by atoms with Crippen molar-refractivity contribution < 1.29 is 9.53 Å². The van der Waals surface area contributed by atoms with Gasteiger partial charge in [-0.25, -0.2) is 4.68 Å². The SMILES string of the molecule is Cc1ccccc1-c1nc(OC(C)C)nn1-c1ccc(NC(=O)[C@H](Cl)c2ccccc2)cc1. The standard InChI is InChI=1S/C26H25ClN4O2/c1-17(2)33-26-29-24(22-12-8-7-9-18(22)3)31(30-26)21-15-13-20(14-16-21)28-25(32)23(27)19-10-5-4-6-11-19/h4-17,23H,1-3H3,(H,28,32)/t23-/m1/s1. The number of anilines is 1. The number of aryl methyl sites for hydroxylation is 1. The van der Waals surface area contributed by atoms with E-state index in [0.717, 1.165) is 22.4 Å². The normalized spacial score (nSPS) is 11.9. The summed E-state index contributed by atoms with van der Waals surface area (Å²) in [6, 6.07) is 24.9. The van der Waals surface area contributed by atoms with E-state index in [4.69, 9.17) is 16.3 Å². The summed E-state index contributed by atoms with van der Waals surface area (Å²) in [6.45, 7) is 5.90. The molecule has 7 heteroatoms. The summed E-state index contributed by atoms with van der Waals surface area (Å²) in [7, 11) is 0.